The summed E-state index contributed by atoms with van der Waals surface area (Å²) in [7, 11) is 1.55. The van der Waals surface area contributed by atoms with E-state index < -0.39 is 6.61 Å². The Bertz CT molecular complexity index is 387. The van der Waals surface area contributed by atoms with Gasteiger partial charge < -0.3 is 9.64 Å². The Morgan fingerprint density at radius 1 is 1.47 bits per heavy atom. The second-order valence-corrected chi connectivity index (χ2v) is 3.64. The minimum Gasteiger partial charge on any atom is -0.434 e. The fourth-order valence-electron chi connectivity index (χ4n) is 1.29. The standard InChI is InChI=1S/C11H12ClF2NO2/c1-15(10(16)6-12)7-8-4-2-3-5-9(8)17-11(13)14/h2-5,11H,6-7H2,1H3. The average molecular weight is 264 g/mol. The third-order valence-electron chi connectivity index (χ3n) is 2.14. The Balaban J connectivity index is 2.79. The van der Waals surface area contributed by atoms with Gasteiger partial charge in [-0.2, -0.15) is 8.78 Å². The molecule has 0 aliphatic carbocycles. The summed E-state index contributed by atoms with van der Waals surface area (Å²) in [5.74, 6) is -0.357. The predicted molar refractivity (Wildman–Crippen MR) is 60.3 cm³/mol. The lowest BCUT2D eigenvalue weighted by Crippen LogP contribution is -2.27. The number of amides is 1. The van der Waals surface area contributed by atoms with Crippen LogP contribution >= 0.6 is 11.6 Å². The highest BCUT2D eigenvalue weighted by molar-refractivity contribution is 6.27. The van der Waals surface area contributed by atoms with Gasteiger partial charge in [-0.15, -0.1) is 11.6 Å². The van der Waals surface area contributed by atoms with Gasteiger partial charge in [-0.05, 0) is 6.07 Å². The molecule has 1 aromatic carbocycles. The topological polar surface area (TPSA) is 29.5 Å². The van der Waals surface area contributed by atoms with Crippen molar-refractivity contribution in [1.29, 1.82) is 0 Å². The van der Waals surface area contributed by atoms with Crippen molar-refractivity contribution in [2.45, 2.75) is 13.2 Å². The van der Waals surface area contributed by atoms with E-state index in [1.165, 1.54) is 11.0 Å². The van der Waals surface area contributed by atoms with E-state index in [2.05, 4.69) is 4.74 Å². The number of nitrogens with zero attached hydrogens (tertiary/aromatic N) is 1. The molecule has 0 fully saturated rings. The van der Waals surface area contributed by atoms with Crippen LogP contribution in [0.5, 0.6) is 5.75 Å². The molecule has 1 amide bonds. The quantitative estimate of drug-likeness (QED) is 0.764. The van der Waals surface area contributed by atoms with Crippen LogP contribution in [0, 0.1) is 0 Å². The molecule has 0 spiro atoms. The SMILES string of the molecule is CN(Cc1ccccc1OC(F)F)C(=O)CCl. The third-order valence-corrected chi connectivity index (χ3v) is 2.36. The minimum absolute atomic E-state index is 0.0664. The van der Waals surface area contributed by atoms with E-state index in [-0.39, 0.29) is 24.1 Å². The molecule has 1 aromatic rings. The highest BCUT2D eigenvalue weighted by atomic mass is 35.5. The van der Waals surface area contributed by atoms with Crippen molar-refractivity contribution >= 4 is 17.5 Å². The molecule has 0 unspecified atom stereocenters. The number of ether oxygens (including phenoxy) is 1. The van der Waals surface area contributed by atoms with Crippen molar-refractivity contribution in [3.05, 3.63) is 29.8 Å². The van der Waals surface area contributed by atoms with Gasteiger partial charge in [0, 0.05) is 19.2 Å². The number of benzene rings is 1. The molecule has 94 valence electrons. The van der Waals surface area contributed by atoms with Gasteiger partial charge in [0.1, 0.15) is 11.6 Å². The van der Waals surface area contributed by atoms with Crippen LogP contribution in [0.1, 0.15) is 5.56 Å². The van der Waals surface area contributed by atoms with Crippen LogP contribution in [0.2, 0.25) is 0 Å². The van der Waals surface area contributed by atoms with Gasteiger partial charge >= 0.3 is 6.61 Å². The number of alkyl halides is 3. The maximum atomic E-state index is 12.1. The van der Waals surface area contributed by atoms with Crippen molar-refractivity contribution < 1.29 is 18.3 Å². The number of para-hydroxylation sites is 1. The van der Waals surface area contributed by atoms with Crippen LogP contribution in [-0.2, 0) is 11.3 Å². The maximum absolute atomic E-state index is 12.1. The first kappa shape index (κ1) is 13.7. The monoisotopic (exact) mass is 263 g/mol. The van der Waals surface area contributed by atoms with E-state index >= 15 is 0 Å². The molecule has 6 heteroatoms. The van der Waals surface area contributed by atoms with E-state index in [1.54, 1.807) is 25.2 Å². The summed E-state index contributed by atoms with van der Waals surface area (Å²) in [6, 6.07) is 6.33. The van der Waals surface area contributed by atoms with Crippen molar-refractivity contribution in [1.82, 2.24) is 4.90 Å². The first-order chi connectivity index (χ1) is 8.04. The summed E-state index contributed by atoms with van der Waals surface area (Å²) in [6.07, 6.45) is 0. The van der Waals surface area contributed by atoms with Gasteiger partial charge in [0.15, 0.2) is 0 Å². The highest BCUT2D eigenvalue weighted by Gasteiger charge is 2.13. The fraction of sp³-hybridized carbons (Fsp3) is 0.364. The van der Waals surface area contributed by atoms with Crippen LogP contribution in [0.4, 0.5) is 8.78 Å². The maximum Gasteiger partial charge on any atom is 0.387 e. The first-order valence-electron chi connectivity index (χ1n) is 4.87. The van der Waals surface area contributed by atoms with Gasteiger partial charge in [-0.3, -0.25) is 4.79 Å². The molecule has 17 heavy (non-hydrogen) atoms. The van der Waals surface area contributed by atoms with Gasteiger partial charge in [0.2, 0.25) is 5.91 Å². The second kappa shape index (κ2) is 6.39. The predicted octanol–water partition coefficient (Wildman–Crippen LogP) is 2.49. The zero-order chi connectivity index (χ0) is 12.8. The van der Waals surface area contributed by atoms with Gasteiger partial charge in [0.05, 0.1) is 0 Å². The van der Waals surface area contributed by atoms with Crippen molar-refractivity contribution in [3.63, 3.8) is 0 Å². The van der Waals surface area contributed by atoms with Crippen LogP contribution in [0.3, 0.4) is 0 Å². The molecule has 0 radical (unpaired) electrons. The molecule has 1 rings (SSSR count). The molecule has 0 aromatic heterocycles. The molecule has 0 saturated heterocycles. The normalized spacial score (nSPS) is 10.4. The molecule has 0 saturated carbocycles. The Morgan fingerprint density at radius 3 is 2.71 bits per heavy atom. The lowest BCUT2D eigenvalue weighted by molar-refractivity contribution is -0.127. The molecular formula is C11H12ClF2NO2. The Kier molecular flexibility index (Phi) is 5.15. The van der Waals surface area contributed by atoms with Gasteiger partial charge in [0.25, 0.3) is 0 Å². The van der Waals surface area contributed by atoms with Gasteiger partial charge in [-0.25, -0.2) is 0 Å². The second-order valence-electron chi connectivity index (χ2n) is 3.37. The van der Waals surface area contributed by atoms with E-state index in [0.717, 1.165) is 0 Å². The van der Waals surface area contributed by atoms with Crippen LogP contribution in [0.15, 0.2) is 24.3 Å². The van der Waals surface area contributed by atoms with Gasteiger partial charge in [-0.1, -0.05) is 18.2 Å². The first-order valence-corrected chi connectivity index (χ1v) is 5.40. The molecular weight excluding hydrogens is 252 g/mol. The molecule has 0 bridgehead atoms. The molecule has 0 aliphatic rings. The number of halogens is 3. The summed E-state index contributed by atoms with van der Waals surface area (Å²) < 4.78 is 28.6. The van der Waals surface area contributed by atoms with E-state index in [1.807, 2.05) is 0 Å². The highest BCUT2D eigenvalue weighted by Crippen LogP contribution is 2.21. The summed E-state index contributed by atoms with van der Waals surface area (Å²) in [6.45, 7) is -2.71. The molecule has 0 atom stereocenters. The molecule has 3 nitrogen and oxygen atoms in total. The van der Waals surface area contributed by atoms with Crippen molar-refractivity contribution in [2.24, 2.45) is 0 Å². The molecule has 0 heterocycles. The molecule has 0 aliphatic heterocycles. The van der Waals surface area contributed by atoms with E-state index in [4.69, 9.17) is 11.6 Å². The molecule has 0 N–H and O–H groups in total. The van der Waals surface area contributed by atoms with Crippen molar-refractivity contribution in [2.75, 3.05) is 12.9 Å². The van der Waals surface area contributed by atoms with Crippen LogP contribution < -0.4 is 4.74 Å². The van der Waals surface area contributed by atoms with Crippen molar-refractivity contribution in [3.8, 4) is 5.75 Å². The largest absolute Gasteiger partial charge is 0.434 e. The van der Waals surface area contributed by atoms with E-state index in [9.17, 15) is 13.6 Å². The summed E-state index contributed by atoms with van der Waals surface area (Å²) in [4.78, 5) is 12.6. The minimum atomic E-state index is -2.88. The number of rotatable bonds is 5. The summed E-state index contributed by atoms with van der Waals surface area (Å²) in [5, 5.41) is 0. The number of carbonyl (C=O) groups excluding carboxylic acids is 1. The third kappa shape index (κ3) is 4.19. The zero-order valence-electron chi connectivity index (χ0n) is 9.20. The Morgan fingerprint density at radius 2 is 2.12 bits per heavy atom. The number of hydrogen-bond donors (Lipinski definition) is 0. The summed E-state index contributed by atoms with van der Waals surface area (Å²) >= 11 is 5.39. The van der Waals surface area contributed by atoms with Crippen LogP contribution in [0.25, 0.3) is 0 Å². The Labute approximate surface area is 103 Å². The lowest BCUT2D eigenvalue weighted by Gasteiger charge is -2.18. The smallest absolute Gasteiger partial charge is 0.387 e. The fourth-order valence-corrected chi connectivity index (χ4v) is 1.50. The lowest BCUT2D eigenvalue weighted by atomic mass is 10.2. The average Bonchev–Trinajstić information content (AvgIpc) is 2.29. The zero-order valence-corrected chi connectivity index (χ0v) is 9.95. The summed E-state index contributed by atoms with van der Waals surface area (Å²) in [5.41, 5.74) is 0.508. The number of hydrogen-bond acceptors (Lipinski definition) is 2. The van der Waals surface area contributed by atoms with Crippen LogP contribution in [-0.4, -0.2) is 30.3 Å². The number of carbonyl (C=O) groups is 1. The van der Waals surface area contributed by atoms with E-state index in [0.29, 0.717) is 5.56 Å². The Hall–Kier alpha value is -1.36.